The first-order chi connectivity index (χ1) is 12.6. The molecule has 26 heavy (non-hydrogen) atoms. The number of hydrogen-bond donors (Lipinski definition) is 1. The molecule has 1 N–H and O–H groups in total. The van der Waals surface area contributed by atoms with Crippen LogP contribution in [0, 0.1) is 0 Å². The zero-order valence-electron chi connectivity index (χ0n) is 14.6. The smallest absolute Gasteiger partial charge is 0.256 e. The fourth-order valence-electron chi connectivity index (χ4n) is 3.50. The normalized spacial score (nSPS) is 13.6. The van der Waals surface area contributed by atoms with Crippen molar-refractivity contribution < 1.29 is 14.3 Å². The van der Waals surface area contributed by atoms with E-state index in [2.05, 4.69) is 4.98 Å². The van der Waals surface area contributed by atoms with Crippen molar-refractivity contribution in [3.63, 3.8) is 0 Å². The number of benzene rings is 2. The predicted octanol–water partition coefficient (Wildman–Crippen LogP) is 4.04. The summed E-state index contributed by atoms with van der Waals surface area (Å²) in [5.41, 5.74) is 3.82. The molecule has 1 aromatic heterocycles. The fourth-order valence-corrected chi connectivity index (χ4v) is 3.67. The summed E-state index contributed by atoms with van der Waals surface area (Å²) < 4.78 is 10.8. The minimum atomic E-state index is -0.000971. The van der Waals surface area contributed by atoms with Crippen molar-refractivity contribution in [1.29, 1.82) is 0 Å². The summed E-state index contributed by atoms with van der Waals surface area (Å²) in [6.07, 6.45) is 2.54. The fraction of sp³-hybridized carbons (Fsp3) is 0.250. The van der Waals surface area contributed by atoms with Gasteiger partial charge in [0.05, 0.1) is 19.8 Å². The quantitative estimate of drug-likeness (QED) is 0.757. The van der Waals surface area contributed by atoms with Crippen molar-refractivity contribution in [3.05, 3.63) is 58.2 Å². The van der Waals surface area contributed by atoms with Gasteiger partial charge in [0.15, 0.2) is 11.5 Å². The monoisotopic (exact) mass is 370 g/mol. The minimum absolute atomic E-state index is 0.000971. The van der Waals surface area contributed by atoms with E-state index in [1.165, 1.54) is 5.56 Å². The molecule has 0 radical (unpaired) electrons. The number of nitrogens with one attached hydrogen (secondary N) is 1. The Morgan fingerprint density at radius 2 is 1.85 bits per heavy atom. The maximum Gasteiger partial charge on any atom is 0.256 e. The maximum absolute atomic E-state index is 13.1. The van der Waals surface area contributed by atoms with Crippen LogP contribution >= 0.6 is 11.6 Å². The standard InChI is InChI=1S/C20H19ClN2O3/c1-25-18-7-12-5-6-23(11-13(12)8-19(18)26-2)20(24)16-10-22-17-4-3-14(21)9-15(16)17/h3-4,7-10,22H,5-6,11H2,1-2H3. The van der Waals surface area contributed by atoms with Gasteiger partial charge in [0.1, 0.15) is 0 Å². The number of methoxy groups -OCH3 is 2. The highest BCUT2D eigenvalue weighted by molar-refractivity contribution is 6.31. The second kappa shape index (κ2) is 6.57. The first kappa shape index (κ1) is 16.8. The van der Waals surface area contributed by atoms with Crippen LogP contribution in [-0.4, -0.2) is 36.6 Å². The van der Waals surface area contributed by atoms with Crippen molar-refractivity contribution in [1.82, 2.24) is 9.88 Å². The molecule has 1 amide bonds. The minimum Gasteiger partial charge on any atom is -0.493 e. The summed E-state index contributed by atoms with van der Waals surface area (Å²) in [6.45, 7) is 1.20. The van der Waals surface area contributed by atoms with Gasteiger partial charge in [-0.05, 0) is 47.9 Å². The molecular weight excluding hydrogens is 352 g/mol. The topological polar surface area (TPSA) is 54.6 Å². The zero-order valence-corrected chi connectivity index (χ0v) is 15.4. The lowest BCUT2D eigenvalue weighted by molar-refractivity contribution is 0.0736. The number of rotatable bonds is 3. The van der Waals surface area contributed by atoms with E-state index in [1.807, 2.05) is 35.2 Å². The van der Waals surface area contributed by atoms with E-state index in [4.69, 9.17) is 21.1 Å². The van der Waals surface area contributed by atoms with Crippen LogP contribution in [0.1, 0.15) is 21.5 Å². The van der Waals surface area contributed by atoms with Gasteiger partial charge in [-0.15, -0.1) is 0 Å². The molecule has 0 fully saturated rings. The molecular formula is C20H19ClN2O3. The van der Waals surface area contributed by atoms with Gasteiger partial charge < -0.3 is 19.4 Å². The number of hydrogen-bond acceptors (Lipinski definition) is 3. The van der Waals surface area contributed by atoms with E-state index in [9.17, 15) is 4.79 Å². The van der Waals surface area contributed by atoms with Gasteiger partial charge in [-0.1, -0.05) is 11.6 Å². The van der Waals surface area contributed by atoms with Crippen LogP contribution in [0.2, 0.25) is 5.02 Å². The van der Waals surface area contributed by atoms with E-state index in [1.54, 1.807) is 20.4 Å². The number of carbonyl (C=O) groups is 1. The number of carbonyl (C=O) groups excluding carboxylic acids is 1. The Kier molecular flexibility index (Phi) is 4.24. The number of fused-ring (bicyclic) bond motifs is 2. The number of nitrogens with zero attached hydrogens (tertiary/aromatic N) is 1. The molecule has 1 aliphatic heterocycles. The lowest BCUT2D eigenvalue weighted by Crippen LogP contribution is -2.35. The van der Waals surface area contributed by atoms with Gasteiger partial charge in [-0.3, -0.25) is 4.79 Å². The number of halogens is 1. The summed E-state index contributed by atoms with van der Waals surface area (Å²) in [5.74, 6) is 1.40. The van der Waals surface area contributed by atoms with Crippen LogP contribution in [0.5, 0.6) is 11.5 Å². The molecule has 134 valence electrons. The first-order valence-electron chi connectivity index (χ1n) is 8.40. The van der Waals surface area contributed by atoms with Gasteiger partial charge >= 0.3 is 0 Å². The lowest BCUT2D eigenvalue weighted by Gasteiger charge is -2.29. The largest absolute Gasteiger partial charge is 0.493 e. The molecule has 6 heteroatoms. The van der Waals surface area contributed by atoms with Crippen LogP contribution in [0.4, 0.5) is 0 Å². The van der Waals surface area contributed by atoms with Crippen molar-refractivity contribution in [2.75, 3.05) is 20.8 Å². The van der Waals surface area contributed by atoms with Crippen LogP contribution in [0.25, 0.3) is 10.9 Å². The lowest BCUT2D eigenvalue weighted by atomic mass is 9.98. The number of ether oxygens (including phenoxy) is 2. The van der Waals surface area contributed by atoms with Gasteiger partial charge in [-0.25, -0.2) is 0 Å². The highest BCUT2D eigenvalue weighted by Crippen LogP contribution is 2.34. The third-order valence-corrected chi connectivity index (χ3v) is 5.11. The molecule has 2 heterocycles. The van der Waals surface area contributed by atoms with Crippen LogP contribution in [-0.2, 0) is 13.0 Å². The molecule has 0 aliphatic carbocycles. The molecule has 0 unspecified atom stereocenters. The molecule has 0 atom stereocenters. The molecule has 4 rings (SSSR count). The molecule has 0 saturated heterocycles. The molecule has 0 bridgehead atoms. The molecule has 5 nitrogen and oxygen atoms in total. The molecule has 3 aromatic rings. The Bertz CT molecular complexity index is 996. The highest BCUT2D eigenvalue weighted by Gasteiger charge is 2.25. The zero-order chi connectivity index (χ0) is 18.3. The van der Waals surface area contributed by atoms with Crippen molar-refractivity contribution >= 4 is 28.4 Å². The van der Waals surface area contributed by atoms with E-state index in [-0.39, 0.29) is 5.91 Å². The number of aromatic nitrogens is 1. The second-order valence-corrected chi connectivity index (χ2v) is 6.78. The van der Waals surface area contributed by atoms with Crippen LogP contribution in [0.3, 0.4) is 0 Å². The Hall–Kier alpha value is -2.66. The first-order valence-corrected chi connectivity index (χ1v) is 8.78. The number of H-pyrrole nitrogens is 1. The van der Waals surface area contributed by atoms with Gasteiger partial charge in [0.25, 0.3) is 5.91 Å². The van der Waals surface area contributed by atoms with Gasteiger partial charge in [0.2, 0.25) is 0 Å². The Balaban J connectivity index is 1.65. The molecule has 1 aliphatic rings. The molecule has 0 spiro atoms. The third kappa shape index (κ3) is 2.78. The van der Waals surface area contributed by atoms with Crippen LogP contribution < -0.4 is 9.47 Å². The molecule has 0 saturated carbocycles. The highest BCUT2D eigenvalue weighted by atomic mass is 35.5. The third-order valence-electron chi connectivity index (χ3n) is 4.88. The SMILES string of the molecule is COc1cc2c(cc1OC)CN(C(=O)c1c[nH]c3ccc(Cl)cc13)CC2. The van der Waals surface area contributed by atoms with Crippen molar-refractivity contribution in [3.8, 4) is 11.5 Å². The summed E-state index contributed by atoms with van der Waals surface area (Å²) in [6, 6.07) is 9.48. The average molecular weight is 371 g/mol. The van der Waals surface area contributed by atoms with Crippen molar-refractivity contribution in [2.45, 2.75) is 13.0 Å². The summed E-state index contributed by atoms with van der Waals surface area (Å²) in [4.78, 5) is 18.1. The number of aromatic amines is 1. The number of amides is 1. The summed E-state index contributed by atoms with van der Waals surface area (Å²) in [5, 5.41) is 1.47. The molecule has 2 aromatic carbocycles. The van der Waals surface area contributed by atoms with Crippen LogP contribution in [0.15, 0.2) is 36.5 Å². The van der Waals surface area contributed by atoms with Gasteiger partial charge in [-0.2, -0.15) is 0 Å². The van der Waals surface area contributed by atoms with Crippen molar-refractivity contribution in [2.24, 2.45) is 0 Å². The van der Waals surface area contributed by atoms with Gasteiger partial charge in [0, 0.05) is 35.2 Å². The summed E-state index contributed by atoms with van der Waals surface area (Å²) >= 11 is 6.10. The second-order valence-electron chi connectivity index (χ2n) is 6.34. The van der Waals surface area contributed by atoms with E-state index in [0.717, 1.165) is 28.6 Å². The summed E-state index contributed by atoms with van der Waals surface area (Å²) in [7, 11) is 3.25. The maximum atomic E-state index is 13.1. The Morgan fingerprint density at radius 1 is 1.12 bits per heavy atom. The van der Waals surface area contributed by atoms with E-state index >= 15 is 0 Å². The Morgan fingerprint density at radius 3 is 2.58 bits per heavy atom. The average Bonchev–Trinajstić information content (AvgIpc) is 3.08. The van der Waals surface area contributed by atoms with E-state index < -0.39 is 0 Å². The van der Waals surface area contributed by atoms with E-state index in [0.29, 0.717) is 29.4 Å². The predicted molar refractivity (Wildman–Crippen MR) is 101 cm³/mol. The Labute approximate surface area is 156 Å².